The summed E-state index contributed by atoms with van der Waals surface area (Å²) in [5.41, 5.74) is 5.43. The first-order chi connectivity index (χ1) is 12.1. The molecule has 1 fully saturated rings. The van der Waals surface area contributed by atoms with Gasteiger partial charge in [0.05, 0.1) is 6.20 Å². The predicted octanol–water partition coefficient (Wildman–Crippen LogP) is 2.64. The van der Waals surface area contributed by atoms with Gasteiger partial charge >= 0.3 is 0 Å². The minimum Gasteiger partial charge on any atom is -0.356 e. The number of aromatic nitrogens is 2. The van der Waals surface area contributed by atoms with E-state index in [9.17, 15) is 0 Å². The van der Waals surface area contributed by atoms with Gasteiger partial charge in [0.1, 0.15) is 0 Å². The minimum absolute atomic E-state index is 0.548. The second-order valence-corrected chi connectivity index (χ2v) is 7.03. The molecule has 0 bridgehead atoms. The number of hydrogen-bond donors (Lipinski definition) is 1. The van der Waals surface area contributed by atoms with Crippen molar-refractivity contribution in [1.29, 1.82) is 0 Å². The molecule has 1 aromatic carbocycles. The van der Waals surface area contributed by atoms with E-state index in [1.165, 1.54) is 22.3 Å². The summed E-state index contributed by atoms with van der Waals surface area (Å²) < 4.78 is 1.88. The van der Waals surface area contributed by atoms with Crippen molar-refractivity contribution in [1.82, 2.24) is 20.0 Å². The van der Waals surface area contributed by atoms with Crippen LogP contribution < -0.4 is 5.32 Å². The van der Waals surface area contributed by atoms with Gasteiger partial charge in [0.15, 0.2) is 5.96 Å². The Morgan fingerprint density at radius 2 is 2.20 bits per heavy atom. The number of nitrogens with zero attached hydrogens (tertiary/aromatic N) is 4. The molecule has 1 unspecified atom stereocenters. The zero-order valence-electron chi connectivity index (χ0n) is 15.8. The summed E-state index contributed by atoms with van der Waals surface area (Å²) >= 11 is 0. The van der Waals surface area contributed by atoms with Crippen LogP contribution in [0.25, 0.3) is 0 Å². The third kappa shape index (κ3) is 4.21. The smallest absolute Gasteiger partial charge is 0.193 e. The van der Waals surface area contributed by atoms with Gasteiger partial charge in [0, 0.05) is 45.8 Å². The van der Waals surface area contributed by atoms with Gasteiger partial charge in [-0.2, -0.15) is 5.10 Å². The Morgan fingerprint density at radius 3 is 2.88 bits per heavy atom. The van der Waals surface area contributed by atoms with Gasteiger partial charge in [0.25, 0.3) is 0 Å². The van der Waals surface area contributed by atoms with Crippen molar-refractivity contribution < 1.29 is 0 Å². The standard InChI is InChI=1S/C20H29N5/c1-15-5-6-17(16(2)11-15)7-9-22-20(21-3)25-10-8-18(14-25)19-12-23-24(4)13-19/h5-6,11-13,18H,7-10,14H2,1-4H3,(H,21,22). The lowest BCUT2D eigenvalue weighted by Gasteiger charge is -2.21. The van der Waals surface area contributed by atoms with Crippen molar-refractivity contribution >= 4 is 5.96 Å². The first kappa shape index (κ1) is 17.5. The lowest BCUT2D eigenvalue weighted by atomic mass is 10.0. The van der Waals surface area contributed by atoms with E-state index in [0.29, 0.717) is 5.92 Å². The van der Waals surface area contributed by atoms with Crippen LogP contribution in [-0.4, -0.2) is 47.3 Å². The van der Waals surface area contributed by atoms with Crippen LogP contribution in [0.4, 0.5) is 0 Å². The highest BCUT2D eigenvalue weighted by molar-refractivity contribution is 5.80. The molecular formula is C20H29N5. The maximum Gasteiger partial charge on any atom is 0.193 e. The molecule has 2 heterocycles. The first-order valence-corrected chi connectivity index (χ1v) is 9.07. The number of benzene rings is 1. The zero-order valence-corrected chi connectivity index (χ0v) is 15.8. The van der Waals surface area contributed by atoms with Crippen LogP contribution in [-0.2, 0) is 13.5 Å². The molecule has 0 amide bonds. The number of rotatable bonds is 4. The molecule has 5 nitrogen and oxygen atoms in total. The molecule has 0 aliphatic carbocycles. The molecule has 1 saturated heterocycles. The summed E-state index contributed by atoms with van der Waals surface area (Å²) in [7, 11) is 3.85. The van der Waals surface area contributed by atoms with Gasteiger partial charge in [-0.25, -0.2) is 0 Å². The van der Waals surface area contributed by atoms with Crippen LogP contribution >= 0.6 is 0 Å². The van der Waals surface area contributed by atoms with E-state index in [1.807, 2.05) is 25.0 Å². The lowest BCUT2D eigenvalue weighted by molar-refractivity contribution is 0.486. The van der Waals surface area contributed by atoms with Gasteiger partial charge in [-0.15, -0.1) is 0 Å². The SMILES string of the molecule is CN=C(NCCc1ccc(C)cc1C)N1CCC(c2cnn(C)c2)C1. The summed E-state index contributed by atoms with van der Waals surface area (Å²) in [5, 5.41) is 7.84. The number of likely N-dealkylation sites (tertiary alicyclic amines) is 1. The molecule has 1 aromatic heterocycles. The van der Waals surface area contributed by atoms with Crippen LogP contribution in [0.3, 0.4) is 0 Å². The Bertz CT molecular complexity index is 746. The highest BCUT2D eigenvalue weighted by Crippen LogP contribution is 2.26. The van der Waals surface area contributed by atoms with E-state index in [0.717, 1.165) is 38.4 Å². The fraction of sp³-hybridized carbons (Fsp3) is 0.500. The molecule has 1 N–H and O–H groups in total. The molecule has 134 valence electrons. The van der Waals surface area contributed by atoms with Gasteiger partial charge in [-0.1, -0.05) is 23.8 Å². The molecule has 1 atom stereocenters. The average Bonchev–Trinajstić information content (AvgIpc) is 3.22. The molecule has 1 aliphatic rings. The number of hydrogen-bond acceptors (Lipinski definition) is 2. The van der Waals surface area contributed by atoms with Crippen LogP contribution in [0.1, 0.15) is 34.6 Å². The summed E-state index contributed by atoms with van der Waals surface area (Å²) in [5.74, 6) is 1.56. The monoisotopic (exact) mass is 339 g/mol. The molecule has 2 aromatic rings. The maximum atomic E-state index is 4.48. The molecule has 0 spiro atoms. The number of nitrogens with one attached hydrogen (secondary N) is 1. The first-order valence-electron chi connectivity index (χ1n) is 9.07. The van der Waals surface area contributed by atoms with Crippen LogP contribution in [0, 0.1) is 13.8 Å². The van der Waals surface area contributed by atoms with Crippen molar-refractivity contribution in [2.75, 3.05) is 26.7 Å². The van der Waals surface area contributed by atoms with E-state index in [-0.39, 0.29) is 0 Å². The number of aliphatic imine (C=N–C) groups is 1. The summed E-state index contributed by atoms with van der Waals surface area (Å²) in [6.45, 7) is 7.29. The largest absolute Gasteiger partial charge is 0.356 e. The van der Waals surface area contributed by atoms with Crippen molar-refractivity contribution in [2.45, 2.75) is 32.6 Å². The van der Waals surface area contributed by atoms with Gasteiger partial charge < -0.3 is 10.2 Å². The second kappa shape index (κ2) is 7.72. The van der Waals surface area contributed by atoms with Gasteiger partial charge in [-0.05, 0) is 43.4 Å². The number of aryl methyl sites for hydroxylation is 3. The van der Waals surface area contributed by atoms with E-state index in [4.69, 9.17) is 0 Å². The molecule has 25 heavy (non-hydrogen) atoms. The average molecular weight is 339 g/mol. The van der Waals surface area contributed by atoms with E-state index >= 15 is 0 Å². The molecule has 1 aliphatic heterocycles. The van der Waals surface area contributed by atoms with Gasteiger partial charge in [-0.3, -0.25) is 9.67 Å². The van der Waals surface area contributed by atoms with E-state index in [1.54, 1.807) is 0 Å². The summed E-state index contributed by atoms with van der Waals surface area (Å²) in [6.07, 6.45) is 6.30. The Morgan fingerprint density at radius 1 is 1.36 bits per heavy atom. The molecule has 5 heteroatoms. The van der Waals surface area contributed by atoms with Crippen molar-refractivity contribution in [3.05, 3.63) is 52.8 Å². The fourth-order valence-electron chi connectivity index (χ4n) is 3.64. The van der Waals surface area contributed by atoms with Crippen molar-refractivity contribution in [3.63, 3.8) is 0 Å². The van der Waals surface area contributed by atoms with E-state index in [2.05, 4.69) is 58.6 Å². The minimum atomic E-state index is 0.548. The maximum absolute atomic E-state index is 4.48. The predicted molar refractivity (Wildman–Crippen MR) is 103 cm³/mol. The molecule has 3 rings (SSSR count). The van der Waals surface area contributed by atoms with Crippen LogP contribution in [0.15, 0.2) is 35.6 Å². The Balaban J connectivity index is 1.53. The third-order valence-electron chi connectivity index (χ3n) is 5.07. The third-order valence-corrected chi connectivity index (χ3v) is 5.07. The summed E-state index contributed by atoms with van der Waals surface area (Å²) in [4.78, 5) is 6.84. The topological polar surface area (TPSA) is 45.5 Å². The quantitative estimate of drug-likeness (QED) is 0.688. The van der Waals surface area contributed by atoms with Gasteiger partial charge in [0.2, 0.25) is 0 Å². The van der Waals surface area contributed by atoms with E-state index < -0.39 is 0 Å². The normalized spacial score (nSPS) is 18.0. The zero-order chi connectivity index (χ0) is 17.8. The molecule has 0 saturated carbocycles. The second-order valence-electron chi connectivity index (χ2n) is 7.03. The van der Waals surface area contributed by atoms with Crippen LogP contribution in [0.5, 0.6) is 0 Å². The highest BCUT2D eigenvalue weighted by atomic mass is 15.3. The highest BCUT2D eigenvalue weighted by Gasteiger charge is 2.26. The van der Waals surface area contributed by atoms with Crippen LogP contribution in [0.2, 0.25) is 0 Å². The fourth-order valence-corrected chi connectivity index (χ4v) is 3.64. The molecular weight excluding hydrogens is 310 g/mol. The Labute approximate surface area is 150 Å². The van der Waals surface area contributed by atoms with Crippen molar-refractivity contribution in [3.8, 4) is 0 Å². The Kier molecular flexibility index (Phi) is 5.41. The molecule has 0 radical (unpaired) electrons. The summed E-state index contributed by atoms with van der Waals surface area (Å²) in [6, 6.07) is 6.68. The lowest BCUT2D eigenvalue weighted by Crippen LogP contribution is -2.40. The number of guanidine groups is 1. The Hall–Kier alpha value is -2.30. The van der Waals surface area contributed by atoms with Crippen molar-refractivity contribution in [2.24, 2.45) is 12.0 Å².